The highest BCUT2D eigenvalue weighted by Crippen LogP contribution is 2.39. The number of allylic oxidation sites excluding steroid dienone is 2. The number of amides is 1. The van der Waals surface area contributed by atoms with Crippen LogP contribution in [-0.4, -0.2) is 34.6 Å². The molecule has 1 aliphatic heterocycles. The third kappa shape index (κ3) is 6.81. The van der Waals surface area contributed by atoms with E-state index in [9.17, 15) is 9.59 Å². The van der Waals surface area contributed by atoms with E-state index in [4.69, 9.17) is 16.3 Å². The fraction of sp³-hybridized carbons (Fsp3) is 0.233. The summed E-state index contributed by atoms with van der Waals surface area (Å²) in [6.45, 7) is 4.97. The van der Waals surface area contributed by atoms with Crippen LogP contribution in [0.3, 0.4) is 0 Å². The molecule has 1 aromatic heterocycles. The van der Waals surface area contributed by atoms with Gasteiger partial charge in [-0.1, -0.05) is 60.1 Å². The van der Waals surface area contributed by atoms with Crippen LogP contribution >= 0.6 is 11.6 Å². The number of imidazole rings is 1. The van der Waals surface area contributed by atoms with E-state index in [1.54, 1.807) is 30.7 Å². The Morgan fingerprint density at radius 3 is 2.63 bits per heavy atom. The van der Waals surface area contributed by atoms with Crippen molar-refractivity contribution in [3.63, 3.8) is 0 Å². The highest BCUT2D eigenvalue weighted by molar-refractivity contribution is 6.30. The molecule has 0 aliphatic carbocycles. The summed E-state index contributed by atoms with van der Waals surface area (Å²) in [6, 6.07) is 17.0. The van der Waals surface area contributed by atoms with E-state index in [0.29, 0.717) is 34.1 Å². The highest BCUT2D eigenvalue weighted by Gasteiger charge is 2.37. The number of ether oxygens (including phenoxy) is 1. The van der Waals surface area contributed by atoms with E-state index in [1.807, 2.05) is 73.2 Å². The Hall–Kier alpha value is -4.10. The first-order valence-corrected chi connectivity index (χ1v) is 12.9. The van der Waals surface area contributed by atoms with Crippen LogP contribution in [0, 0.1) is 0 Å². The van der Waals surface area contributed by atoms with E-state index in [0.717, 1.165) is 24.1 Å². The first kappa shape index (κ1) is 26.9. The van der Waals surface area contributed by atoms with Crippen molar-refractivity contribution in [2.75, 3.05) is 13.2 Å². The number of benzene rings is 2. The zero-order chi connectivity index (χ0) is 26.9. The van der Waals surface area contributed by atoms with Crippen molar-refractivity contribution in [3.8, 4) is 0 Å². The van der Waals surface area contributed by atoms with Gasteiger partial charge in [-0.15, -0.1) is 0 Å². The summed E-state index contributed by atoms with van der Waals surface area (Å²) in [4.78, 5) is 30.9. The van der Waals surface area contributed by atoms with Gasteiger partial charge in [-0.05, 0) is 49.6 Å². The maximum absolute atomic E-state index is 13.5. The summed E-state index contributed by atoms with van der Waals surface area (Å²) in [5, 5.41) is 6.76. The molecule has 1 amide bonds. The lowest BCUT2D eigenvalue weighted by Crippen LogP contribution is -2.37. The molecular formula is C30H31ClN4O3. The van der Waals surface area contributed by atoms with Crippen LogP contribution in [0.5, 0.6) is 0 Å². The fourth-order valence-electron chi connectivity index (χ4n) is 4.51. The lowest BCUT2D eigenvalue weighted by atomic mass is 9.80. The van der Waals surface area contributed by atoms with Gasteiger partial charge in [-0.2, -0.15) is 0 Å². The average molecular weight is 531 g/mol. The zero-order valence-electron chi connectivity index (χ0n) is 21.5. The molecule has 38 heavy (non-hydrogen) atoms. The Kier molecular flexibility index (Phi) is 9.16. The molecule has 0 spiro atoms. The molecule has 0 radical (unpaired) electrons. The predicted molar refractivity (Wildman–Crippen MR) is 149 cm³/mol. The zero-order valence-corrected chi connectivity index (χ0v) is 22.2. The molecule has 0 saturated carbocycles. The van der Waals surface area contributed by atoms with Crippen molar-refractivity contribution < 1.29 is 14.3 Å². The summed E-state index contributed by atoms with van der Waals surface area (Å²) >= 11 is 6.32. The van der Waals surface area contributed by atoms with Gasteiger partial charge in [-0.3, -0.25) is 4.79 Å². The molecule has 1 atom stereocenters. The van der Waals surface area contributed by atoms with Gasteiger partial charge < -0.3 is 19.9 Å². The third-order valence-electron chi connectivity index (χ3n) is 6.27. The molecule has 1 aliphatic rings. The summed E-state index contributed by atoms with van der Waals surface area (Å²) in [6.07, 6.45) is 9.78. The van der Waals surface area contributed by atoms with Crippen LogP contribution < -0.4 is 10.6 Å². The number of nitrogens with one attached hydrogen (secondary N) is 2. The second-order valence-corrected chi connectivity index (χ2v) is 9.45. The normalized spacial score (nSPS) is 15.5. The quantitative estimate of drug-likeness (QED) is 0.277. The molecule has 4 rings (SSSR count). The first-order chi connectivity index (χ1) is 18.4. The second-order valence-electron chi connectivity index (χ2n) is 9.01. The summed E-state index contributed by atoms with van der Waals surface area (Å²) in [5.74, 6) is -1.36. The molecular weight excluding hydrogens is 500 g/mol. The van der Waals surface area contributed by atoms with Crippen LogP contribution in [0.25, 0.3) is 6.08 Å². The topological polar surface area (TPSA) is 85.2 Å². The Morgan fingerprint density at radius 2 is 1.89 bits per heavy atom. The van der Waals surface area contributed by atoms with E-state index in [-0.39, 0.29) is 12.5 Å². The Labute approximate surface area is 227 Å². The minimum atomic E-state index is -0.630. The molecule has 2 N–H and O–H groups in total. The Bertz CT molecular complexity index is 1360. The van der Waals surface area contributed by atoms with Crippen molar-refractivity contribution >= 4 is 29.6 Å². The van der Waals surface area contributed by atoms with Gasteiger partial charge in [0.25, 0.3) is 0 Å². The number of aromatic nitrogens is 2. The largest absolute Gasteiger partial charge is 0.458 e. The standard InChI is InChI=1S/C30H31ClN4O3/c1-21-26(29(36)33-14-8-16-35-17-15-32-20-35)28(24-12-6-13-25(31)19-24)27(22(2)34-21)30(37)38-18-7-11-23-9-4-3-5-10-23/h3-7,9-13,15,17,19-20,28,34H,8,14,16,18H2,1-2H3,(H,33,36). The number of dihydropyridines is 1. The van der Waals surface area contributed by atoms with Gasteiger partial charge in [0.2, 0.25) is 5.91 Å². The number of carbonyl (C=O) groups excluding carboxylic acids is 2. The minimum absolute atomic E-state index is 0.102. The minimum Gasteiger partial charge on any atom is -0.458 e. The number of rotatable bonds is 10. The van der Waals surface area contributed by atoms with Crippen molar-refractivity contribution in [1.82, 2.24) is 20.2 Å². The van der Waals surface area contributed by atoms with Gasteiger partial charge in [0.1, 0.15) is 6.61 Å². The average Bonchev–Trinajstić information content (AvgIpc) is 3.43. The maximum Gasteiger partial charge on any atom is 0.337 e. The SMILES string of the molecule is CC1=C(C(=O)NCCCn2ccnc2)C(c2cccc(Cl)c2)C(C(=O)OCC=Cc2ccccc2)=C(C)N1. The van der Waals surface area contributed by atoms with E-state index < -0.39 is 11.9 Å². The van der Waals surface area contributed by atoms with Gasteiger partial charge in [0.05, 0.1) is 17.8 Å². The van der Waals surface area contributed by atoms with Crippen LogP contribution in [0.15, 0.2) is 102 Å². The monoisotopic (exact) mass is 530 g/mol. The third-order valence-corrected chi connectivity index (χ3v) is 6.50. The van der Waals surface area contributed by atoms with Gasteiger partial charge in [0, 0.05) is 47.5 Å². The van der Waals surface area contributed by atoms with E-state index >= 15 is 0 Å². The number of hydrogen-bond acceptors (Lipinski definition) is 5. The van der Waals surface area contributed by atoms with Crippen LogP contribution in [0.1, 0.15) is 37.3 Å². The van der Waals surface area contributed by atoms with Crippen molar-refractivity contribution in [2.24, 2.45) is 0 Å². The summed E-state index contributed by atoms with van der Waals surface area (Å²) < 4.78 is 7.60. The predicted octanol–water partition coefficient (Wildman–Crippen LogP) is 5.23. The number of esters is 1. The molecule has 3 aromatic rings. The molecule has 0 bridgehead atoms. The van der Waals surface area contributed by atoms with Crippen molar-refractivity contribution in [2.45, 2.75) is 32.7 Å². The van der Waals surface area contributed by atoms with E-state index in [1.165, 1.54) is 0 Å². The second kappa shape index (κ2) is 12.9. The number of hydrogen-bond donors (Lipinski definition) is 2. The van der Waals surface area contributed by atoms with Crippen LogP contribution in [0.2, 0.25) is 5.02 Å². The molecule has 0 fully saturated rings. The molecule has 7 nitrogen and oxygen atoms in total. The summed E-state index contributed by atoms with van der Waals surface area (Å²) in [5.41, 5.74) is 3.93. The molecule has 0 saturated heterocycles. The number of halogens is 1. The maximum atomic E-state index is 13.5. The number of nitrogens with zero attached hydrogens (tertiary/aromatic N) is 2. The fourth-order valence-corrected chi connectivity index (χ4v) is 4.71. The number of aryl methyl sites for hydroxylation is 1. The molecule has 196 valence electrons. The van der Waals surface area contributed by atoms with Crippen molar-refractivity contribution in [1.29, 1.82) is 0 Å². The lowest BCUT2D eigenvalue weighted by Gasteiger charge is -2.31. The molecule has 2 heterocycles. The van der Waals surface area contributed by atoms with E-state index in [2.05, 4.69) is 15.6 Å². The van der Waals surface area contributed by atoms with Gasteiger partial charge in [-0.25, -0.2) is 9.78 Å². The molecule has 1 unspecified atom stereocenters. The summed E-state index contributed by atoms with van der Waals surface area (Å²) in [7, 11) is 0. The lowest BCUT2D eigenvalue weighted by molar-refractivity contribution is -0.138. The molecule has 8 heteroatoms. The van der Waals surface area contributed by atoms with Gasteiger partial charge in [0.15, 0.2) is 0 Å². The van der Waals surface area contributed by atoms with Crippen LogP contribution in [-0.2, 0) is 20.9 Å². The first-order valence-electron chi connectivity index (χ1n) is 12.5. The van der Waals surface area contributed by atoms with Gasteiger partial charge >= 0.3 is 5.97 Å². The molecule has 2 aromatic carbocycles. The van der Waals surface area contributed by atoms with Crippen molar-refractivity contribution in [3.05, 3.63) is 118 Å². The Balaban J connectivity index is 1.53. The number of carbonyl (C=O) groups is 2. The smallest absolute Gasteiger partial charge is 0.337 e. The highest BCUT2D eigenvalue weighted by atomic mass is 35.5. The van der Waals surface area contributed by atoms with Crippen LogP contribution in [0.4, 0.5) is 0 Å². The Morgan fingerprint density at radius 1 is 1.11 bits per heavy atom.